The van der Waals surface area contributed by atoms with E-state index in [-0.39, 0.29) is 36.0 Å². The zero-order valence-electron chi connectivity index (χ0n) is 11.2. The minimum absolute atomic E-state index is 0.0542. The maximum atomic E-state index is 11.3. The first-order chi connectivity index (χ1) is 10.0. The minimum atomic E-state index is -0.499. The van der Waals surface area contributed by atoms with E-state index < -0.39 is 4.92 Å². The van der Waals surface area contributed by atoms with E-state index in [9.17, 15) is 20.0 Å². The lowest BCUT2D eigenvalue weighted by Crippen LogP contribution is -2.26. The summed E-state index contributed by atoms with van der Waals surface area (Å²) in [4.78, 5) is 22.0. The quantitative estimate of drug-likeness (QED) is 0.553. The summed E-state index contributed by atoms with van der Waals surface area (Å²) >= 11 is 0. The average molecular weight is 293 g/mol. The van der Waals surface area contributed by atoms with Gasteiger partial charge in [0.25, 0.3) is 11.6 Å². The number of carbonyl (C=O) groups is 1. The highest BCUT2D eigenvalue weighted by Crippen LogP contribution is 2.46. The van der Waals surface area contributed by atoms with Crippen LogP contribution < -0.4 is 15.4 Å². The molecule has 2 aliphatic rings. The van der Waals surface area contributed by atoms with Crippen molar-refractivity contribution in [3.8, 4) is 5.75 Å². The zero-order chi connectivity index (χ0) is 15.0. The number of hydrogen-bond acceptors (Lipinski definition) is 6. The Labute approximate surface area is 120 Å². The zero-order valence-corrected chi connectivity index (χ0v) is 11.2. The molecule has 0 bridgehead atoms. The third-order valence-corrected chi connectivity index (χ3v) is 3.87. The number of anilines is 2. The number of hydrogen-bond donors (Lipinski definition) is 3. The topological polar surface area (TPSA) is 114 Å². The number of aliphatic hydroxyl groups excluding tert-OH is 1. The summed E-state index contributed by atoms with van der Waals surface area (Å²) in [5.41, 5.74) is 0.430. The monoisotopic (exact) mass is 293 g/mol. The van der Waals surface area contributed by atoms with Gasteiger partial charge in [0.05, 0.1) is 23.3 Å². The van der Waals surface area contributed by atoms with Gasteiger partial charge >= 0.3 is 0 Å². The molecule has 21 heavy (non-hydrogen) atoms. The molecule has 1 heterocycles. The first kappa shape index (κ1) is 13.6. The second kappa shape index (κ2) is 4.88. The number of nitro benzene ring substituents is 1. The van der Waals surface area contributed by atoms with Crippen molar-refractivity contribution in [2.24, 2.45) is 5.41 Å². The SMILES string of the molecule is O=C1COc2cc([N+](=O)[O-])c(NCC3(CO)CC3)cc2N1. The van der Waals surface area contributed by atoms with Crippen LogP contribution in [0.25, 0.3) is 0 Å². The molecule has 3 rings (SSSR count). The van der Waals surface area contributed by atoms with Gasteiger partial charge in [-0.05, 0) is 18.9 Å². The molecule has 0 saturated heterocycles. The van der Waals surface area contributed by atoms with Gasteiger partial charge < -0.3 is 20.5 Å². The average Bonchev–Trinajstić information content (AvgIpc) is 3.24. The first-order valence-electron chi connectivity index (χ1n) is 6.63. The van der Waals surface area contributed by atoms with Gasteiger partial charge in [-0.15, -0.1) is 0 Å². The summed E-state index contributed by atoms with van der Waals surface area (Å²) in [6.07, 6.45) is 1.80. The molecule has 1 saturated carbocycles. The molecular weight excluding hydrogens is 278 g/mol. The Balaban J connectivity index is 1.88. The molecule has 1 aliphatic heterocycles. The molecule has 3 N–H and O–H groups in total. The molecule has 1 fully saturated rings. The van der Waals surface area contributed by atoms with Crippen LogP contribution in [0, 0.1) is 15.5 Å². The molecule has 1 aromatic carbocycles. The van der Waals surface area contributed by atoms with Crippen molar-refractivity contribution < 1.29 is 19.6 Å². The van der Waals surface area contributed by atoms with Crippen molar-refractivity contribution in [1.82, 2.24) is 0 Å². The molecular formula is C13H15N3O5. The predicted octanol–water partition coefficient (Wildman–Crippen LogP) is 1.11. The van der Waals surface area contributed by atoms with Crippen molar-refractivity contribution in [1.29, 1.82) is 0 Å². The Morgan fingerprint density at radius 3 is 2.86 bits per heavy atom. The number of nitrogens with zero attached hydrogens (tertiary/aromatic N) is 1. The van der Waals surface area contributed by atoms with Crippen LogP contribution >= 0.6 is 0 Å². The van der Waals surface area contributed by atoms with Crippen LogP contribution in [0.3, 0.4) is 0 Å². The van der Waals surface area contributed by atoms with Crippen LogP contribution in [0.4, 0.5) is 17.1 Å². The molecule has 8 heteroatoms. The fraction of sp³-hybridized carbons (Fsp3) is 0.462. The highest BCUT2D eigenvalue weighted by molar-refractivity contribution is 5.96. The number of nitro groups is 1. The van der Waals surface area contributed by atoms with Gasteiger partial charge in [-0.25, -0.2) is 0 Å². The lowest BCUT2D eigenvalue weighted by Gasteiger charge is -2.20. The summed E-state index contributed by atoms with van der Waals surface area (Å²) < 4.78 is 5.18. The molecule has 1 aliphatic carbocycles. The van der Waals surface area contributed by atoms with Crippen molar-refractivity contribution in [2.75, 3.05) is 30.4 Å². The van der Waals surface area contributed by atoms with Gasteiger partial charge in [0.2, 0.25) is 0 Å². The molecule has 0 unspecified atom stereocenters. The van der Waals surface area contributed by atoms with Crippen LogP contribution in [0.1, 0.15) is 12.8 Å². The van der Waals surface area contributed by atoms with Crippen molar-refractivity contribution in [3.05, 3.63) is 22.2 Å². The predicted molar refractivity (Wildman–Crippen MR) is 74.5 cm³/mol. The number of amides is 1. The Morgan fingerprint density at radius 2 is 2.24 bits per heavy atom. The molecule has 0 radical (unpaired) electrons. The molecule has 1 aromatic rings. The summed E-state index contributed by atoms with van der Waals surface area (Å²) in [5, 5.41) is 26.1. The Kier molecular flexibility index (Phi) is 3.17. The number of carbonyl (C=O) groups excluding carboxylic acids is 1. The second-order valence-electron chi connectivity index (χ2n) is 5.47. The van der Waals surface area contributed by atoms with Crippen molar-refractivity contribution >= 4 is 23.0 Å². The number of aliphatic hydroxyl groups is 1. The summed E-state index contributed by atoms with van der Waals surface area (Å²) in [6.45, 7) is 0.362. The number of rotatable bonds is 5. The fourth-order valence-corrected chi connectivity index (χ4v) is 2.26. The third kappa shape index (κ3) is 2.62. The van der Waals surface area contributed by atoms with E-state index in [0.29, 0.717) is 17.9 Å². The third-order valence-electron chi connectivity index (χ3n) is 3.87. The van der Waals surface area contributed by atoms with Crippen LogP contribution in [0.15, 0.2) is 12.1 Å². The smallest absolute Gasteiger partial charge is 0.296 e. The van der Waals surface area contributed by atoms with Crippen molar-refractivity contribution in [3.63, 3.8) is 0 Å². The van der Waals surface area contributed by atoms with Crippen LogP contribution in [-0.4, -0.2) is 35.7 Å². The highest BCUT2D eigenvalue weighted by atomic mass is 16.6. The van der Waals surface area contributed by atoms with E-state index in [1.807, 2.05) is 0 Å². The number of ether oxygens (including phenoxy) is 1. The second-order valence-corrected chi connectivity index (χ2v) is 5.47. The van der Waals surface area contributed by atoms with Gasteiger partial charge in [0.1, 0.15) is 5.69 Å². The first-order valence-corrected chi connectivity index (χ1v) is 6.63. The number of benzene rings is 1. The van der Waals surface area contributed by atoms with E-state index in [2.05, 4.69) is 10.6 Å². The van der Waals surface area contributed by atoms with Crippen LogP contribution in [-0.2, 0) is 4.79 Å². The summed E-state index contributed by atoms with van der Waals surface area (Å²) in [5.74, 6) is -0.00790. The lowest BCUT2D eigenvalue weighted by atomic mass is 10.1. The Hall–Kier alpha value is -2.35. The maximum Gasteiger partial charge on any atom is 0.296 e. The largest absolute Gasteiger partial charge is 0.481 e. The van der Waals surface area contributed by atoms with Crippen LogP contribution in [0.2, 0.25) is 0 Å². The standard InChI is InChI=1S/C13H15N3O5/c17-7-13(1-2-13)6-14-8-3-9-11(4-10(8)16(19)20)21-5-12(18)15-9/h3-4,14,17H,1-2,5-7H2,(H,15,18). The van der Waals surface area contributed by atoms with Gasteiger partial charge in [0, 0.05) is 12.0 Å². The number of nitrogens with one attached hydrogen (secondary N) is 2. The number of fused-ring (bicyclic) bond motifs is 1. The fourth-order valence-electron chi connectivity index (χ4n) is 2.26. The molecule has 1 amide bonds. The van der Waals surface area contributed by atoms with E-state index in [4.69, 9.17) is 4.74 Å². The highest BCUT2D eigenvalue weighted by Gasteiger charge is 2.42. The van der Waals surface area contributed by atoms with E-state index in [1.54, 1.807) is 0 Å². The molecule has 0 aromatic heterocycles. The van der Waals surface area contributed by atoms with Gasteiger partial charge in [-0.3, -0.25) is 14.9 Å². The van der Waals surface area contributed by atoms with E-state index in [0.717, 1.165) is 12.8 Å². The molecule has 0 spiro atoms. The summed E-state index contributed by atoms with van der Waals surface area (Å²) in [6, 6.07) is 2.80. The minimum Gasteiger partial charge on any atom is -0.481 e. The molecule has 8 nitrogen and oxygen atoms in total. The maximum absolute atomic E-state index is 11.3. The van der Waals surface area contributed by atoms with Gasteiger partial charge in [0.15, 0.2) is 12.4 Å². The van der Waals surface area contributed by atoms with E-state index >= 15 is 0 Å². The van der Waals surface area contributed by atoms with Gasteiger partial charge in [-0.2, -0.15) is 0 Å². The lowest BCUT2D eigenvalue weighted by molar-refractivity contribution is -0.384. The molecule has 0 atom stereocenters. The summed E-state index contributed by atoms with van der Waals surface area (Å²) in [7, 11) is 0. The van der Waals surface area contributed by atoms with E-state index in [1.165, 1.54) is 12.1 Å². The normalized spacial score (nSPS) is 18.2. The van der Waals surface area contributed by atoms with Crippen LogP contribution in [0.5, 0.6) is 5.75 Å². The molecule has 112 valence electrons. The Bertz CT molecular complexity index is 612. The van der Waals surface area contributed by atoms with Gasteiger partial charge in [-0.1, -0.05) is 0 Å². The Morgan fingerprint density at radius 1 is 1.48 bits per heavy atom. The van der Waals surface area contributed by atoms with Crippen molar-refractivity contribution in [2.45, 2.75) is 12.8 Å².